The Hall–Kier alpha value is -2.84. The number of sulfonamides is 1. The number of sulfone groups is 1. The van der Waals surface area contributed by atoms with E-state index >= 15 is 0 Å². The predicted octanol–water partition coefficient (Wildman–Crippen LogP) is 3.09. The van der Waals surface area contributed by atoms with Gasteiger partial charge in [-0.2, -0.15) is 4.31 Å². The van der Waals surface area contributed by atoms with Crippen molar-refractivity contribution in [2.45, 2.75) is 71.4 Å². The molecule has 6 rings (SSSR count). The van der Waals surface area contributed by atoms with E-state index in [4.69, 9.17) is 15.2 Å². The highest BCUT2D eigenvalue weighted by Gasteiger charge is 2.45. The molecule has 3 fully saturated rings. The summed E-state index contributed by atoms with van der Waals surface area (Å²) in [5.41, 5.74) is 7.90. The lowest BCUT2D eigenvalue weighted by Gasteiger charge is -2.38. The number of nitrogens with zero attached hydrogens (tertiary/aromatic N) is 1. The van der Waals surface area contributed by atoms with Crippen molar-refractivity contribution in [3.63, 3.8) is 0 Å². The van der Waals surface area contributed by atoms with Gasteiger partial charge in [-0.15, -0.1) is 0 Å². The molecule has 0 radical (unpaired) electrons. The molecule has 3 aromatic carbocycles. The monoisotopic (exact) mass is 655 g/mol. The third-order valence-electron chi connectivity index (χ3n) is 9.04. The van der Waals surface area contributed by atoms with E-state index in [1.807, 2.05) is 36.4 Å². The van der Waals surface area contributed by atoms with E-state index in [9.17, 15) is 21.9 Å². The van der Waals surface area contributed by atoms with Crippen molar-refractivity contribution in [1.82, 2.24) is 9.62 Å². The molecule has 242 valence electrons. The fourth-order valence-corrected chi connectivity index (χ4v) is 9.63. The van der Waals surface area contributed by atoms with E-state index in [-0.39, 0.29) is 40.8 Å². The molecule has 12 heteroatoms. The molecule has 0 unspecified atom stereocenters. The molecule has 0 amide bonds. The van der Waals surface area contributed by atoms with Crippen LogP contribution < -0.4 is 15.8 Å². The molecule has 3 aromatic rings. The van der Waals surface area contributed by atoms with E-state index in [1.54, 1.807) is 30.3 Å². The maximum absolute atomic E-state index is 13.8. The Morgan fingerprint density at radius 3 is 2.44 bits per heavy atom. The summed E-state index contributed by atoms with van der Waals surface area (Å²) >= 11 is 0. The second-order valence-electron chi connectivity index (χ2n) is 12.3. The number of hydrogen-bond donors (Lipinski definition) is 3. The summed E-state index contributed by atoms with van der Waals surface area (Å²) in [7, 11) is -7.07. The van der Waals surface area contributed by atoms with Gasteiger partial charge in [0.1, 0.15) is 18.5 Å². The van der Waals surface area contributed by atoms with Crippen LogP contribution in [-0.4, -0.2) is 82.1 Å². The van der Waals surface area contributed by atoms with E-state index in [0.717, 1.165) is 11.1 Å². The number of piperidine rings is 1. The summed E-state index contributed by atoms with van der Waals surface area (Å²) in [6.07, 6.45) is 2.45. The van der Waals surface area contributed by atoms with Crippen LogP contribution in [-0.2, 0) is 31.1 Å². The summed E-state index contributed by atoms with van der Waals surface area (Å²) in [5, 5.41) is 13.6. The Kier molecular flexibility index (Phi) is 9.36. The van der Waals surface area contributed by atoms with Crippen LogP contribution in [0.1, 0.15) is 37.7 Å². The molecule has 2 atom stereocenters. The van der Waals surface area contributed by atoms with Gasteiger partial charge in [-0.3, -0.25) is 0 Å². The smallest absolute Gasteiger partial charge is 0.243 e. The fourth-order valence-electron chi connectivity index (χ4n) is 6.24. The van der Waals surface area contributed by atoms with Crippen LogP contribution >= 0.6 is 0 Å². The van der Waals surface area contributed by atoms with Crippen LogP contribution in [0, 0.1) is 0 Å². The Morgan fingerprint density at radius 1 is 0.978 bits per heavy atom. The first-order chi connectivity index (χ1) is 21.6. The number of benzene rings is 3. The number of aliphatic hydroxyl groups excluding tert-OH is 1. The normalized spacial score (nSPS) is 21.2. The molecule has 2 aliphatic heterocycles. The summed E-state index contributed by atoms with van der Waals surface area (Å²) < 4.78 is 66.1. The molecule has 45 heavy (non-hydrogen) atoms. The van der Waals surface area contributed by atoms with Crippen molar-refractivity contribution in [2.75, 3.05) is 32.8 Å². The Bertz CT molecular complexity index is 1700. The maximum Gasteiger partial charge on any atom is 0.243 e. The minimum absolute atomic E-state index is 0.0150. The van der Waals surface area contributed by atoms with E-state index in [1.165, 1.54) is 10.4 Å². The number of ether oxygens (including phenoxy) is 2. The van der Waals surface area contributed by atoms with Crippen molar-refractivity contribution in [3.05, 3.63) is 78.4 Å². The Labute approximate surface area is 265 Å². The summed E-state index contributed by atoms with van der Waals surface area (Å²) in [5.74, 6) is 0.408. The third-order valence-corrected chi connectivity index (χ3v) is 13.3. The van der Waals surface area contributed by atoms with Crippen molar-refractivity contribution < 1.29 is 31.4 Å². The summed E-state index contributed by atoms with van der Waals surface area (Å²) in [6.45, 7) is 1.59. The molecule has 0 aromatic heterocycles. The third kappa shape index (κ3) is 7.12. The number of rotatable bonds is 12. The van der Waals surface area contributed by atoms with Gasteiger partial charge in [-0.1, -0.05) is 48.5 Å². The van der Waals surface area contributed by atoms with Crippen molar-refractivity contribution in [1.29, 1.82) is 0 Å². The summed E-state index contributed by atoms with van der Waals surface area (Å²) in [6, 6.07) is 21.6. The van der Waals surface area contributed by atoms with Crippen LogP contribution in [0.15, 0.2) is 82.6 Å². The average molecular weight is 656 g/mol. The molecule has 2 heterocycles. The highest BCUT2D eigenvalue weighted by atomic mass is 32.2. The van der Waals surface area contributed by atoms with Crippen molar-refractivity contribution in [2.24, 2.45) is 5.73 Å². The van der Waals surface area contributed by atoms with Gasteiger partial charge in [-0.05, 0) is 73.1 Å². The molecule has 1 spiro atoms. The maximum atomic E-state index is 13.8. The first-order valence-corrected chi connectivity index (χ1v) is 18.5. The fraction of sp³-hybridized carbons (Fsp3) is 0.455. The van der Waals surface area contributed by atoms with Crippen molar-refractivity contribution in [3.8, 4) is 16.9 Å². The largest absolute Gasteiger partial charge is 0.491 e. The molecule has 1 aliphatic carbocycles. The molecule has 4 N–H and O–H groups in total. The zero-order valence-electron chi connectivity index (χ0n) is 25.2. The first-order valence-electron chi connectivity index (χ1n) is 15.5. The van der Waals surface area contributed by atoms with Gasteiger partial charge >= 0.3 is 0 Å². The summed E-state index contributed by atoms with van der Waals surface area (Å²) in [4.78, 5) is 0.504. The van der Waals surface area contributed by atoms with Crippen LogP contribution in [0.3, 0.4) is 0 Å². The van der Waals surface area contributed by atoms with Crippen LogP contribution in [0.25, 0.3) is 11.1 Å². The van der Waals surface area contributed by atoms with Gasteiger partial charge in [0.15, 0.2) is 9.84 Å². The lowest BCUT2D eigenvalue weighted by molar-refractivity contribution is -0.0312. The first kappa shape index (κ1) is 32.1. The topological polar surface area (TPSA) is 148 Å². The molecule has 0 bridgehead atoms. The molecular weight excluding hydrogens is 615 g/mol. The number of nitrogens with one attached hydrogen (secondary N) is 1. The van der Waals surface area contributed by atoms with Gasteiger partial charge in [0, 0.05) is 32.2 Å². The molecule has 2 saturated heterocycles. The highest BCUT2D eigenvalue weighted by Crippen LogP contribution is 2.38. The Morgan fingerprint density at radius 2 is 1.73 bits per heavy atom. The quantitative estimate of drug-likeness (QED) is 0.268. The number of nitrogens with two attached hydrogens (primary N) is 1. The number of aliphatic hydroxyl groups is 1. The standard InChI is InChI=1S/C33H41N3O7S2/c34-20-26-10-9-25(24-5-2-1-3-6-24)17-32(26)45(40,41)36-15-13-33(14-16-36)19-27(22-43-33)35-21-28(37)23-42-29-7-4-8-31(18-29)44(38,39)30-11-12-30/h1-10,17-18,27-28,30,35,37H,11-16,19-23,34H2/t27-,28+/m1/s1. The average Bonchev–Trinajstić information content (AvgIpc) is 3.86. The zero-order chi connectivity index (χ0) is 31.7. The molecule has 3 aliphatic rings. The zero-order valence-corrected chi connectivity index (χ0v) is 26.8. The SMILES string of the molecule is NCc1ccc(-c2ccccc2)cc1S(=O)(=O)N1CCC2(CC1)C[C@@H](NC[C@H](O)COc1cccc(S(=O)(=O)C3CC3)c1)CO2. The molecule has 1 saturated carbocycles. The molecular formula is C33H41N3O7S2. The highest BCUT2D eigenvalue weighted by molar-refractivity contribution is 7.92. The van der Waals surface area contributed by atoms with Gasteiger partial charge in [0.25, 0.3) is 0 Å². The minimum Gasteiger partial charge on any atom is -0.491 e. The number of hydrogen-bond acceptors (Lipinski definition) is 9. The van der Waals surface area contributed by atoms with Gasteiger partial charge < -0.3 is 25.6 Å². The second kappa shape index (κ2) is 13.1. The van der Waals surface area contributed by atoms with E-state index in [2.05, 4.69) is 5.32 Å². The predicted molar refractivity (Wildman–Crippen MR) is 171 cm³/mol. The second-order valence-corrected chi connectivity index (χ2v) is 16.4. The van der Waals surface area contributed by atoms with Gasteiger partial charge in [-0.25, -0.2) is 16.8 Å². The van der Waals surface area contributed by atoms with E-state index in [0.29, 0.717) is 63.1 Å². The minimum atomic E-state index is -3.76. The lowest BCUT2D eigenvalue weighted by Crippen LogP contribution is -2.47. The van der Waals surface area contributed by atoms with Crippen LogP contribution in [0.4, 0.5) is 0 Å². The van der Waals surface area contributed by atoms with Gasteiger partial charge in [0.2, 0.25) is 10.0 Å². The van der Waals surface area contributed by atoms with Crippen LogP contribution in [0.5, 0.6) is 5.75 Å². The van der Waals surface area contributed by atoms with Gasteiger partial charge in [0.05, 0.1) is 27.2 Å². The van der Waals surface area contributed by atoms with Crippen LogP contribution in [0.2, 0.25) is 0 Å². The lowest BCUT2D eigenvalue weighted by atomic mass is 9.88. The Balaban J connectivity index is 1.00. The van der Waals surface area contributed by atoms with E-state index < -0.39 is 31.6 Å². The van der Waals surface area contributed by atoms with Crippen molar-refractivity contribution >= 4 is 19.9 Å². The molecule has 10 nitrogen and oxygen atoms in total.